The van der Waals surface area contributed by atoms with Gasteiger partial charge >= 0.3 is 36.6 Å². The summed E-state index contributed by atoms with van der Waals surface area (Å²) < 4.78 is 32.7. The topological polar surface area (TPSA) is 486 Å². The second kappa shape index (κ2) is 48.9. The Morgan fingerprint density at radius 3 is 1.03 bits per heavy atom. The third-order valence-electron chi connectivity index (χ3n) is 24.7. The first-order valence-electron chi connectivity index (χ1n) is 47.1. The van der Waals surface area contributed by atoms with Gasteiger partial charge < -0.3 is 69.4 Å². The number of ether oxygens (including phenoxy) is 6. The van der Waals surface area contributed by atoms with Gasteiger partial charge in [-0.2, -0.15) is 0 Å². The van der Waals surface area contributed by atoms with Crippen LogP contribution in [0.1, 0.15) is 221 Å². The Morgan fingerprint density at radius 1 is 0.343 bits per heavy atom. The third kappa shape index (κ3) is 25.7. The molecule has 6 aliphatic rings. The molecular formula is C100H124ClN25O14. The Hall–Kier alpha value is -14.9. The van der Waals surface area contributed by atoms with Gasteiger partial charge in [0.05, 0.1) is 131 Å². The zero-order valence-electron chi connectivity index (χ0n) is 81.0. The van der Waals surface area contributed by atoms with Crippen LogP contribution < -0.4 is 11.1 Å². The summed E-state index contributed by atoms with van der Waals surface area (Å²) in [4.78, 5) is 175. The molecule has 0 radical (unpaired) electrons. The molecule has 6 aliphatic heterocycles. The summed E-state index contributed by atoms with van der Waals surface area (Å²) in [6.45, 7) is 28.2. The van der Waals surface area contributed by atoms with Gasteiger partial charge in [0.25, 0.3) is 0 Å². The van der Waals surface area contributed by atoms with Crippen molar-refractivity contribution in [3.8, 4) is 0 Å². The van der Waals surface area contributed by atoms with Gasteiger partial charge in [-0.25, -0.2) is 58.7 Å². The van der Waals surface area contributed by atoms with E-state index < -0.39 is 30.2 Å². The summed E-state index contributed by atoms with van der Waals surface area (Å²) in [7, 11) is 1.57. The lowest BCUT2D eigenvalue weighted by molar-refractivity contribution is -0.127. The van der Waals surface area contributed by atoms with Gasteiger partial charge in [0, 0.05) is 155 Å². The van der Waals surface area contributed by atoms with Gasteiger partial charge in [0.2, 0.25) is 11.8 Å². The fourth-order valence-corrected chi connectivity index (χ4v) is 18.3. The molecule has 16 heterocycles. The van der Waals surface area contributed by atoms with E-state index >= 15 is 0 Å². The lowest BCUT2D eigenvalue weighted by Crippen LogP contribution is -2.55. The molecule has 0 aliphatic carbocycles. The predicted octanol–water partition coefficient (Wildman–Crippen LogP) is 15.4. The van der Waals surface area contributed by atoms with E-state index in [2.05, 4.69) is 145 Å². The summed E-state index contributed by atoms with van der Waals surface area (Å²) in [6.07, 6.45) is 24.5. The van der Waals surface area contributed by atoms with Crippen molar-refractivity contribution in [2.45, 2.75) is 210 Å². The first kappa shape index (κ1) is 102. The van der Waals surface area contributed by atoms with Gasteiger partial charge in [-0.1, -0.05) is 161 Å². The summed E-state index contributed by atoms with van der Waals surface area (Å²) in [5.41, 5.74) is 22.0. The molecule has 10 aromatic heterocycles. The van der Waals surface area contributed by atoms with Crippen molar-refractivity contribution < 1.29 is 66.8 Å². The molecule has 40 heteroatoms. The number of amides is 8. The number of carbonyl (C=O) groups excluding carboxylic acids is 8. The number of nitrogens with one attached hydrogen (secondary N) is 7. The first-order chi connectivity index (χ1) is 67.6. The third-order valence-corrected chi connectivity index (χ3v) is 25.0. The van der Waals surface area contributed by atoms with Crippen LogP contribution in [0.2, 0.25) is 5.02 Å². The molecule has 18 rings (SSSR count). The number of hydrogen-bond donors (Lipinski definition) is 8. The van der Waals surface area contributed by atoms with E-state index in [1.165, 1.54) is 9.80 Å². The molecule has 0 fully saturated rings. The molecule has 39 nitrogen and oxygen atoms in total. The predicted molar refractivity (Wildman–Crippen MR) is 514 cm³/mol. The van der Waals surface area contributed by atoms with Crippen LogP contribution in [0.3, 0.4) is 0 Å². The van der Waals surface area contributed by atoms with Gasteiger partial charge in [0.15, 0.2) is 0 Å². The molecule has 140 heavy (non-hydrogen) atoms. The van der Waals surface area contributed by atoms with Crippen molar-refractivity contribution in [1.29, 1.82) is 0 Å². The van der Waals surface area contributed by atoms with Crippen molar-refractivity contribution in [3.63, 3.8) is 0 Å². The van der Waals surface area contributed by atoms with E-state index in [1.54, 1.807) is 126 Å². The van der Waals surface area contributed by atoms with Crippen LogP contribution in [-0.2, 0) is 116 Å². The van der Waals surface area contributed by atoms with E-state index in [0.29, 0.717) is 55.4 Å². The Labute approximate surface area is 817 Å². The Kier molecular flexibility index (Phi) is 35.8. The van der Waals surface area contributed by atoms with Crippen molar-refractivity contribution in [2.75, 3.05) is 33.2 Å². The lowest BCUT2D eigenvalue weighted by atomic mass is 9.89. The number of halogens is 1. The minimum absolute atomic E-state index is 0.0417. The van der Waals surface area contributed by atoms with E-state index in [0.717, 1.165) is 116 Å². The number of carbonyl (C=O) groups is 8. The average Bonchev–Trinajstić information content (AvgIpc) is 1.50. The van der Waals surface area contributed by atoms with E-state index in [9.17, 15) is 38.4 Å². The van der Waals surface area contributed by atoms with Crippen LogP contribution in [0.15, 0.2) is 185 Å². The largest absolute Gasteiger partial charge is 0.445 e. The first-order valence-corrected chi connectivity index (χ1v) is 47.4. The Morgan fingerprint density at radius 2 is 0.679 bits per heavy atom. The van der Waals surface area contributed by atoms with Gasteiger partial charge in [-0.05, 0) is 82.5 Å². The highest BCUT2D eigenvalue weighted by atomic mass is 35.5. The Balaban J connectivity index is 0.000000142. The number of H-pyrrole nitrogens is 6. The maximum atomic E-state index is 12.9. The minimum atomic E-state index is -0.761. The maximum Gasteiger partial charge on any atom is 0.411 e. The van der Waals surface area contributed by atoms with Crippen LogP contribution in [0.25, 0.3) is 0 Å². The average molecular weight is 1940 g/mol. The molecule has 0 saturated carbocycles. The normalized spacial score (nSPS) is 18.1. The SMILES string of the molecule is CC(C)C1c2nc[nH]c2CCN1C(=O)OCc1ccc(Cl)cn1.CC(C)C1c2nc[nH]c2CCN1C(=O)OCc1cccnc1.CC(C)C1c2nc[nH]c2CCN1C(=O)OCc1ccncc1.CC(C)C1c2nc[nH]c2CCN1C(=O)OCc1cnccn1.CC(C)[C@H]1c2nc[nH]c2C[C@@H](C(N)=O)N1C(=O)OCc1ccccc1.CNC(=O)[C@@H]1Cc2[nH]cnc2[C@H](C(C)C)N1C(=O)OCc1ccccc1. The number of primary amides is 1. The molecule has 12 aromatic rings. The smallest absolute Gasteiger partial charge is 0.411 e. The summed E-state index contributed by atoms with van der Waals surface area (Å²) >= 11 is 5.80. The standard InChI is InChI=1S/C19H24N4O3.C18H22N4O3.C16H19ClN4O2.2C16H20N4O2.C15H19N5O2/c1-12(2)17-16-14(21-11-22-16)9-15(18(24)20-3)23(17)19(25)26-10-13-7-5-4-6-8-13;1-11(2)16-15-13(20-10-21-15)8-14(17(19)23)22(16)18(24)25-9-12-6-4-3-5-7-12;1-10(2)15-14-13(19-9-20-14)5-6-21(15)16(22)23-8-12-4-3-11(17)7-18-12;1-11(2)15-14-13(18-10-19-14)5-8-20(15)16(21)22-9-12-3-6-17-7-4-12;1-11(2)15-14-13(18-10-19-14)5-7-20(15)16(21)22-9-12-4-3-6-17-8-12;1-10(2)14-13-12(18-9-19-13)3-6-20(14)15(21)22-8-11-7-16-4-5-17-11/h4-8,11-12,15,17H,9-10H2,1-3H3,(H,20,24)(H,21,22);3-7,10-11,14,16H,8-9H2,1-2H3,(H2,19,23)(H,20,21);3-4,7,9-10,15H,5-6,8H2,1-2H3,(H,19,20);3-4,6-7,10-11,15H,5,8-9H2,1-2H3,(H,18,19);3-4,6,8,10-11,15H,5,7,9H2,1-2H3,(H,18,19);4-5,7,9-10,14H,3,6,8H2,1-2H3,(H,18,19)/t15-,17-;14-,16-;;;;/m00..../s1. The lowest BCUT2D eigenvalue weighted by Gasteiger charge is -2.41. The number of fused-ring (bicyclic) bond motifs is 6. The van der Waals surface area contributed by atoms with Crippen LogP contribution in [0, 0.1) is 35.5 Å². The molecule has 0 spiro atoms. The van der Waals surface area contributed by atoms with Crippen LogP contribution in [0.4, 0.5) is 28.8 Å². The van der Waals surface area contributed by atoms with E-state index in [1.807, 2.05) is 113 Å². The number of aromatic amines is 6. The fraction of sp³-hybridized carbons (Fsp3) is 0.430. The van der Waals surface area contributed by atoms with Crippen LogP contribution in [0.5, 0.6) is 0 Å². The highest BCUT2D eigenvalue weighted by Crippen LogP contribution is 2.42. The molecule has 4 unspecified atom stereocenters. The van der Waals surface area contributed by atoms with Crippen molar-refractivity contribution in [3.05, 3.63) is 292 Å². The van der Waals surface area contributed by atoms with Crippen LogP contribution >= 0.6 is 11.6 Å². The number of benzene rings is 2. The Bertz CT molecular complexity index is 5730. The number of rotatable bonds is 20. The number of aromatic nitrogens is 17. The highest BCUT2D eigenvalue weighted by Gasteiger charge is 2.48. The molecule has 2 aromatic carbocycles. The maximum absolute atomic E-state index is 12.9. The van der Waals surface area contributed by atoms with E-state index in [-0.39, 0.29) is 142 Å². The molecule has 0 bridgehead atoms. The minimum Gasteiger partial charge on any atom is -0.445 e. The highest BCUT2D eigenvalue weighted by molar-refractivity contribution is 6.30. The zero-order chi connectivity index (χ0) is 99.6. The number of pyridine rings is 3. The monoisotopic (exact) mass is 1930 g/mol. The molecule has 8 atom stereocenters. The van der Waals surface area contributed by atoms with Crippen LogP contribution in [-0.4, -0.2) is 208 Å². The summed E-state index contributed by atoms with van der Waals surface area (Å²) in [5, 5.41) is 3.21. The molecule has 9 N–H and O–H groups in total. The summed E-state index contributed by atoms with van der Waals surface area (Å²) in [6, 6.07) is 27.5. The van der Waals surface area contributed by atoms with Crippen molar-refractivity contribution >= 4 is 60.0 Å². The second-order valence-electron chi connectivity index (χ2n) is 36.5. The second-order valence-corrected chi connectivity index (χ2v) is 36.9. The zero-order valence-corrected chi connectivity index (χ0v) is 81.7. The van der Waals surface area contributed by atoms with E-state index in [4.69, 9.17) is 45.8 Å². The molecule has 0 saturated heterocycles. The number of hydrogen-bond acceptors (Lipinski definition) is 25. The van der Waals surface area contributed by atoms with Gasteiger partial charge in [0.1, 0.15) is 51.7 Å². The van der Waals surface area contributed by atoms with Gasteiger partial charge in [-0.3, -0.25) is 63.9 Å². The number of nitrogens with zero attached hydrogens (tertiary/aromatic N) is 17. The molecule has 8 amide bonds. The fourth-order valence-electron chi connectivity index (χ4n) is 18.2. The van der Waals surface area contributed by atoms with Gasteiger partial charge in [-0.15, -0.1) is 0 Å². The molecular weight excluding hydrogens is 1810 g/mol. The summed E-state index contributed by atoms with van der Waals surface area (Å²) in [5.74, 6) is 0.409. The quantitative estimate of drug-likeness (QED) is 0.0329. The number of imidazole rings is 6. The number of likely N-dealkylation sites (N-methyl/N-ethyl adjacent to an activating group) is 1. The van der Waals surface area contributed by atoms with Crippen molar-refractivity contribution in [1.82, 2.24) is 119 Å². The van der Waals surface area contributed by atoms with Crippen molar-refractivity contribution in [2.24, 2.45) is 41.2 Å². The number of nitrogens with two attached hydrogens (primary N) is 1. The molecule has 740 valence electrons.